The van der Waals surface area contributed by atoms with Crippen molar-refractivity contribution in [2.24, 2.45) is 5.92 Å². The topological polar surface area (TPSA) is 33.7 Å². The Kier molecular flexibility index (Phi) is 7.18. The Balaban J connectivity index is 2.27. The molecule has 1 aliphatic rings. The fourth-order valence-corrected chi connectivity index (χ4v) is 3.21. The van der Waals surface area contributed by atoms with Crippen LogP contribution in [0.1, 0.15) is 45.7 Å². The Bertz CT molecular complexity index is 470. The summed E-state index contributed by atoms with van der Waals surface area (Å²) in [4.78, 5) is 2.60. The van der Waals surface area contributed by atoms with Crippen LogP contribution in [0.15, 0.2) is 18.2 Å². The monoisotopic (exact) mass is 320 g/mol. The average Bonchev–Trinajstić information content (AvgIpc) is 2.55. The van der Waals surface area contributed by atoms with Crippen LogP contribution in [0.2, 0.25) is 0 Å². The highest BCUT2D eigenvalue weighted by Gasteiger charge is 2.24. The number of piperazine rings is 1. The maximum absolute atomic E-state index is 5.82. The Labute approximate surface area is 141 Å². The van der Waals surface area contributed by atoms with Crippen molar-refractivity contribution in [1.82, 2.24) is 10.2 Å². The first-order valence-electron chi connectivity index (χ1n) is 9.00. The van der Waals surface area contributed by atoms with Gasteiger partial charge in [-0.15, -0.1) is 0 Å². The number of nitrogens with one attached hydrogen (secondary N) is 1. The van der Waals surface area contributed by atoms with E-state index in [1.54, 1.807) is 0 Å². The Hall–Kier alpha value is -1.26. The number of hydrogen-bond acceptors (Lipinski definition) is 4. The van der Waals surface area contributed by atoms with Crippen molar-refractivity contribution < 1.29 is 9.47 Å². The summed E-state index contributed by atoms with van der Waals surface area (Å²) in [5.41, 5.74) is 1.34. The third-order valence-corrected chi connectivity index (χ3v) is 4.24. The lowest BCUT2D eigenvalue weighted by molar-refractivity contribution is 0.153. The lowest BCUT2D eigenvalue weighted by atomic mass is 9.94. The molecule has 0 radical (unpaired) electrons. The predicted molar refractivity (Wildman–Crippen MR) is 95.4 cm³/mol. The molecule has 0 aliphatic carbocycles. The molecule has 130 valence electrons. The number of nitrogens with zero attached hydrogens (tertiary/aromatic N) is 1. The highest BCUT2D eigenvalue weighted by atomic mass is 16.5. The van der Waals surface area contributed by atoms with Crippen molar-refractivity contribution in [3.8, 4) is 11.5 Å². The fraction of sp³-hybridized carbons (Fsp3) is 0.684. The molecule has 1 aliphatic heterocycles. The molecular weight excluding hydrogens is 288 g/mol. The van der Waals surface area contributed by atoms with E-state index in [4.69, 9.17) is 9.47 Å². The summed E-state index contributed by atoms with van der Waals surface area (Å²) in [6, 6.07) is 6.91. The van der Waals surface area contributed by atoms with Gasteiger partial charge in [0.05, 0.1) is 13.2 Å². The molecule has 0 amide bonds. The van der Waals surface area contributed by atoms with E-state index in [0.717, 1.165) is 37.7 Å². The van der Waals surface area contributed by atoms with Gasteiger partial charge < -0.3 is 14.8 Å². The minimum atomic E-state index is 0.451. The van der Waals surface area contributed by atoms with Gasteiger partial charge in [-0.3, -0.25) is 4.90 Å². The first-order valence-corrected chi connectivity index (χ1v) is 9.00. The van der Waals surface area contributed by atoms with Gasteiger partial charge in [-0.2, -0.15) is 0 Å². The molecule has 1 heterocycles. The van der Waals surface area contributed by atoms with E-state index < -0.39 is 0 Å². The zero-order chi connectivity index (χ0) is 16.7. The molecule has 23 heavy (non-hydrogen) atoms. The third kappa shape index (κ3) is 5.11. The Morgan fingerprint density at radius 1 is 1.04 bits per heavy atom. The first kappa shape index (κ1) is 18.1. The van der Waals surface area contributed by atoms with E-state index >= 15 is 0 Å². The van der Waals surface area contributed by atoms with Crippen molar-refractivity contribution in [3.05, 3.63) is 23.8 Å². The van der Waals surface area contributed by atoms with Crippen molar-refractivity contribution in [2.45, 2.75) is 40.2 Å². The molecular formula is C19H32N2O2. The van der Waals surface area contributed by atoms with Crippen LogP contribution in [0.3, 0.4) is 0 Å². The van der Waals surface area contributed by atoms with Gasteiger partial charge in [0.25, 0.3) is 0 Å². The summed E-state index contributed by atoms with van der Waals surface area (Å²) in [5, 5.41) is 3.45. The minimum absolute atomic E-state index is 0.451. The Morgan fingerprint density at radius 3 is 2.30 bits per heavy atom. The second kappa shape index (κ2) is 9.14. The summed E-state index contributed by atoms with van der Waals surface area (Å²) in [7, 11) is 0. The molecule has 2 rings (SSSR count). The summed E-state index contributed by atoms with van der Waals surface area (Å²) in [6.45, 7) is 14.3. The van der Waals surface area contributed by atoms with Gasteiger partial charge in [-0.25, -0.2) is 0 Å². The van der Waals surface area contributed by atoms with Gasteiger partial charge >= 0.3 is 0 Å². The molecule has 0 spiro atoms. The van der Waals surface area contributed by atoms with Crippen LogP contribution in [0.25, 0.3) is 0 Å². The van der Waals surface area contributed by atoms with Crippen LogP contribution in [-0.2, 0) is 0 Å². The van der Waals surface area contributed by atoms with Gasteiger partial charge in [0.15, 0.2) is 11.5 Å². The lowest BCUT2D eigenvalue weighted by Gasteiger charge is -2.36. The van der Waals surface area contributed by atoms with Crippen LogP contribution in [0.5, 0.6) is 11.5 Å². The van der Waals surface area contributed by atoms with Gasteiger partial charge in [-0.1, -0.05) is 19.9 Å². The number of benzene rings is 1. The molecule has 0 bridgehead atoms. The summed E-state index contributed by atoms with van der Waals surface area (Å²) in [6.07, 6.45) is 1.17. The van der Waals surface area contributed by atoms with Gasteiger partial charge in [0.2, 0.25) is 0 Å². The molecule has 1 aromatic carbocycles. The van der Waals surface area contributed by atoms with Gasteiger partial charge in [-0.05, 0) is 43.9 Å². The van der Waals surface area contributed by atoms with Crippen molar-refractivity contribution in [2.75, 3.05) is 39.4 Å². The van der Waals surface area contributed by atoms with Crippen molar-refractivity contribution >= 4 is 0 Å². The first-order chi connectivity index (χ1) is 11.2. The molecule has 4 heteroatoms. The van der Waals surface area contributed by atoms with Gasteiger partial charge in [0, 0.05) is 32.2 Å². The van der Waals surface area contributed by atoms with Crippen LogP contribution in [0.4, 0.5) is 0 Å². The molecule has 1 fully saturated rings. The fourth-order valence-electron chi connectivity index (χ4n) is 3.21. The minimum Gasteiger partial charge on any atom is -0.490 e. The molecule has 1 aromatic rings. The van der Waals surface area contributed by atoms with Crippen molar-refractivity contribution in [3.63, 3.8) is 0 Å². The van der Waals surface area contributed by atoms with E-state index in [0.29, 0.717) is 25.2 Å². The molecule has 0 aromatic heterocycles. The van der Waals surface area contributed by atoms with E-state index in [-0.39, 0.29) is 0 Å². The summed E-state index contributed by atoms with van der Waals surface area (Å²) >= 11 is 0. The molecule has 1 atom stereocenters. The largest absolute Gasteiger partial charge is 0.490 e. The standard InChI is InChI=1S/C19H32N2O2/c1-5-22-18-8-7-16(14-19(18)23-6-2)17(13-15(3)4)21-11-9-20-10-12-21/h7-8,14-15,17,20H,5-6,9-13H2,1-4H3. The Morgan fingerprint density at radius 2 is 1.70 bits per heavy atom. The maximum Gasteiger partial charge on any atom is 0.161 e. The van der Waals surface area contributed by atoms with E-state index in [1.807, 2.05) is 13.8 Å². The number of hydrogen-bond donors (Lipinski definition) is 1. The smallest absolute Gasteiger partial charge is 0.161 e. The third-order valence-electron chi connectivity index (χ3n) is 4.24. The van der Waals surface area contributed by atoms with Crippen LogP contribution < -0.4 is 14.8 Å². The molecule has 1 saturated heterocycles. The van der Waals surface area contributed by atoms with Crippen LogP contribution in [-0.4, -0.2) is 44.3 Å². The predicted octanol–water partition coefficient (Wildman–Crippen LogP) is 3.48. The number of ether oxygens (including phenoxy) is 2. The van der Waals surface area contributed by atoms with Crippen LogP contribution >= 0.6 is 0 Å². The molecule has 4 nitrogen and oxygen atoms in total. The molecule has 1 N–H and O–H groups in total. The zero-order valence-electron chi connectivity index (χ0n) is 15.1. The zero-order valence-corrected chi connectivity index (χ0v) is 15.1. The molecule has 0 saturated carbocycles. The van der Waals surface area contributed by atoms with E-state index in [9.17, 15) is 0 Å². The highest BCUT2D eigenvalue weighted by Crippen LogP contribution is 2.35. The second-order valence-electron chi connectivity index (χ2n) is 6.50. The van der Waals surface area contributed by atoms with Crippen molar-refractivity contribution in [1.29, 1.82) is 0 Å². The lowest BCUT2D eigenvalue weighted by Crippen LogP contribution is -2.45. The summed E-state index contributed by atoms with van der Waals surface area (Å²) in [5.74, 6) is 2.38. The van der Waals surface area contributed by atoms with E-state index in [1.165, 1.54) is 12.0 Å². The second-order valence-corrected chi connectivity index (χ2v) is 6.50. The maximum atomic E-state index is 5.82. The molecule has 1 unspecified atom stereocenters. The van der Waals surface area contributed by atoms with E-state index in [2.05, 4.69) is 42.3 Å². The SMILES string of the molecule is CCOc1ccc(C(CC(C)C)N2CCNCC2)cc1OCC. The summed E-state index contributed by atoms with van der Waals surface area (Å²) < 4.78 is 11.5. The normalized spacial score (nSPS) is 17.3. The van der Waals surface area contributed by atoms with Gasteiger partial charge in [0.1, 0.15) is 0 Å². The number of rotatable bonds is 8. The average molecular weight is 320 g/mol. The van der Waals surface area contributed by atoms with Crippen LogP contribution in [0, 0.1) is 5.92 Å². The highest BCUT2D eigenvalue weighted by molar-refractivity contribution is 5.44. The quantitative estimate of drug-likeness (QED) is 0.795.